The number of hydrogen-bond acceptors (Lipinski definition) is 2. The fourth-order valence-corrected chi connectivity index (χ4v) is 2.13. The zero-order valence-electron chi connectivity index (χ0n) is 19.9. The van der Waals surface area contributed by atoms with Crippen molar-refractivity contribution in [3.8, 4) is 0 Å². The van der Waals surface area contributed by atoms with E-state index < -0.39 is 0 Å². The van der Waals surface area contributed by atoms with Gasteiger partial charge < -0.3 is 10.1 Å². The van der Waals surface area contributed by atoms with Crippen LogP contribution in [0.3, 0.4) is 0 Å². The third kappa shape index (κ3) is 32.1. The normalized spacial score (nSPS) is 13.4. The molecule has 0 saturated heterocycles. The number of rotatable bonds is 7. The fraction of sp³-hybridized carbons (Fsp3) is 1.00. The van der Waals surface area contributed by atoms with Crippen LogP contribution in [0.4, 0.5) is 0 Å². The summed E-state index contributed by atoms with van der Waals surface area (Å²) < 4.78 is 5.54. The van der Waals surface area contributed by atoms with E-state index in [2.05, 4.69) is 88.4 Å². The molecule has 0 aliphatic carbocycles. The molecule has 0 bridgehead atoms. The summed E-state index contributed by atoms with van der Waals surface area (Å²) in [5.74, 6) is 0. The van der Waals surface area contributed by atoms with Gasteiger partial charge in [0, 0.05) is 18.7 Å². The van der Waals surface area contributed by atoms with E-state index in [1.54, 1.807) is 0 Å². The molecule has 25 heavy (non-hydrogen) atoms. The van der Waals surface area contributed by atoms with Gasteiger partial charge in [-0.2, -0.15) is 0 Å². The van der Waals surface area contributed by atoms with Crippen LogP contribution in [-0.4, -0.2) is 25.3 Å². The standard InChI is InChI=1S/C12H27NO.C11H24/c1-11(2,3)7-9-14-10-8-13-12(4,5)6;1-10(2,3)8-7-9-11(4,5)6/h13H,7-10H2,1-6H3;7-9H2,1-6H3. The summed E-state index contributed by atoms with van der Waals surface area (Å²) in [5, 5.41) is 3.39. The minimum atomic E-state index is 0.202. The molecule has 0 aromatic rings. The van der Waals surface area contributed by atoms with Crippen LogP contribution in [0.25, 0.3) is 0 Å². The van der Waals surface area contributed by atoms with Crippen molar-refractivity contribution in [3.63, 3.8) is 0 Å². The van der Waals surface area contributed by atoms with Gasteiger partial charge in [0.15, 0.2) is 0 Å². The summed E-state index contributed by atoms with van der Waals surface area (Å²) in [6.07, 6.45) is 5.20. The molecule has 2 nitrogen and oxygen atoms in total. The first kappa shape index (κ1) is 27.1. The fourth-order valence-electron chi connectivity index (χ4n) is 2.13. The van der Waals surface area contributed by atoms with Crippen molar-refractivity contribution in [2.45, 2.75) is 114 Å². The zero-order chi connectivity index (χ0) is 20.4. The second-order valence-corrected chi connectivity index (χ2v) is 12.1. The molecule has 0 rings (SSSR count). The average Bonchev–Trinajstić information content (AvgIpc) is 2.28. The van der Waals surface area contributed by atoms with E-state index in [0.717, 1.165) is 26.2 Å². The summed E-state index contributed by atoms with van der Waals surface area (Å²) in [6.45, 7) is 29.7. The number of ether oxygens (including phenoxy) is 1. The first-order valence-electron chi connectivity index (χ1n) is 10.2. The van der Waals surface area contributed by atoms with E-state index in [9.17, 15) is 0 Å². The molecule has 0 spiro atoms. The molecule has 0 aliphatic heterocycles. The quantitative estimate of drug-likeness (QED) is 0.492. The third-order valence-corrected chi connectivity index (χ3v) is 3.75. The maximum Gasteiger partial charge on any atom is 0.0591 e. The highest BCUT2D eigenvalue weighted by Crippen LogP contribution is 2.27. The molecule has 0 unspecified atom stereocenters. The Kier molecular flexibility index (Phi) is 12.6. The lowest BCUT2D eigenvalue weighted by molar-refractivity contribution is 0.106. The van der Waals surface area contributed by atoms with Gasteiger partial charge in [-0.25, -0.2) is 0 Å². The molecular weight excluding hydrogens is 306 g/mol. The lowest BCUT2D eigenvalue weighted by Crippen LogP contribution is -2.38. The van der Waals surface area contributed by atoms with Crippen LogP contribution in [0.2, 0.25) is 0 Å². The molecule has 0 saturated carbocycles. The van der Waals surface area contributed by atoms with E-state index in [-0.39, 0.29) is 5.54 Å². The highest BCUT2D eigenvalue weighted by molar-refractivity contribution is 4.69. The molecule has 0 aromatic heterocycles. The molecule has 2 heteroatoms. The minimum absolute atomic E-state index is 0.202. The number of nitrogens with one attached hydrogen (secondary N) is 1. The Morgan fingerprint density at radius 2 is 0.960 bits per heavy atom. The van der Waals surface area contributed by atoms with Crippen LogP contribution in [0.1, 0.15) is 109 Å². The van der Waals surface area contributed by atoms with Crippen molar-refractivity contribution in [1.82, 2.24) is 5.32 Å². The van der Waals surface area contributed by atoms with Crippen LogP contribution in [-0.2, 0) is 4.74 Å². The van der Waals surface area contributed by atoms with E-state index in [4.69, 9.17) is 4.74 Å². The summed E-state index contributed by atoms with van der Waals surface area (Å²) in [6, 6.07) is 0. The van der Waals surface area contributed by atoms with Gasteiger partial charge >= 0.3 is 0 Å². The van der Waals surface area contributed by atoms with Gasteiger partial charge in [-0.15, -0.1) is 0 Å². The van der Waals surface area contributed by atoms with Crippen LogP contribution < -0.4 is 5.32 Å². The molecule has 0 amide bonds. The minimum Gasteiger partial charge on any atom is -0.380 e. The van der Waals surface area contributed by atoms with E-state index in [0.29, 0.717) is 16.2 Å². The third-order valence-electron chi connectivity index (χ3n) is 3.75. The Bertz CT molecular complexity index is 275. The second kappa shape index (κ2) is 11.6. The molecule has 0 atom stereocenters. The van der Waals surface area contributed by atoms with Crippen molar-refractivity contribution in [3.05, 3.63) is 0 Å². The molecule has 0 heterocycles. The average molecular weight is 358 g/mol. The molecule has 0 radical (unpaired) electrons. The summed E-state index contributed by atoms with van der Waals surface area (Å²) in [4.78, 5) is 0. The zero-order valence-corrected chi connectivity index (χ0v) is 19.9. The van der Waals surface area contributed by atoms with Crippen LogP contribution >= 0.6 is 0 Å². The Balaban J connectivity index is 0. The largest absolute Gasteiger partial charge is 0.380 e. The maximum absolute atomic E-state index is 5.54. The van der Waals surface area contributed by atoms with Gasteiger partial charge in [-0.1, -0.05) is 68.7 Å². The topological polar surface area (TPSA) is 21.3 Å². The Morgan fingerprint density at radius 1 is 0.560 bits per heavy atom. The summed E-state index contributed by atoms with van der Waals surface area (Å²) in [5.41, 5.74) is 1.63. The van der Waals surface area contributed by atoms with Crippen LogP contribution in [0.5, 0.6) is 0 Å². The maximum atomic E-state index is 5.54. The molecule has 154 valence electrons. The molecule has 0 fully saturated rings. The Labute approximate surface area is 160 Å². The van der Waals surface area contributed by atoms with Gasteiger partial charge in [0.25, 0.3) is 0 Å². The number of hydrogen-bond donors (Lipinski definition) is 1. The Hall–Kier alpha value is -0.0800. The van der Waals surface area contributed by atoms with E-state index in [1.165, 1.54) is 19.3 Å². The van der Waals surface area contributed by atoms with Gasteiger partial charge in [0.1, 0.15) is 0 Å². The smallest absolute Gasteiger partial charge is 0.0591 e. The van der Waals surface area contributed by atoms with Crippen molar-refractivity contribution < 1.29 is 4.74 Å². The predicted octanol–water partition coefficient (Wildman–Crippen LogP) is 7.08. The van der Waals surface area contributed by atoms with Crippen molar-refractivity contribution in [2.24, 2.45) is 16.2 Å². The molecular formula is C23H51NO. The first-order chi connectivity index (χ1) is 10.9. The van der Waals surface area contributed by atoms with E-state index in [1.807, 2.05) is 0 Å². The van der Waals surface area contributed by atoms with Crippen molar-refractivity contribution in [2.75, 3.05) is 19.8 Å². The van der Waals surface area contributed by atoms with Crippen LogP contribution in [0.15, 0.2) is 0 Å². The summed E-state index contributed by atoms with van der Waals surface area (Å²) in [7, 11) is 0. The highest BCUT2D eigenvalue weighted by atomic mass is 16.5. The lowest BCUT2D eigenvalue weighted by atomic mass is 9.84. The first-order valence-corrected chi connectivity index (χ1v) is 10.2. The monoisotopic (exact) mass is 357 g/mol. The molecule has 0 aliphatic rings. The second-order valence-electron chi connectivity index (χ2n) is 12.1. The van der Waals surface area contributed by atoms with Gasteiger partial charge in [0.2, 0.25) is 0 Å². The van der Waals surface area contributed by atoms with E-state index >= 15 is 0 Å². The van der Waals surface area contributed by atoms with Crippen molar-refractivity contribution in [1.29, 1.82) is 0 Å². The SMILES string of the molecule is CC(C)(C)CCCC(C)(C)C.CC(C)(C)CCOCCNC(C)(C)C. The van der Waals surface area contributed by atoms with Gasteiger partial charge in [-0.05, 0) is 56.3 Å². The van der Waals surface area contributed by atoms with Gasteiger partial charge in [0.05, 0.1) is 6.61 Å². The molecule has 1 N–H and O–H groups in total. The predicted molar refractivity (Wildman–Crippen MR) is 115 cm³/mol. The lowest BCUT2D eigenvalue weighted by Gasteiger charge is -2.22. The Morgan fingerprint density at radius 3 is 1.28 bits per heavy atom. The molecule has 0 aromatic carbocycles. The highest BCUT2D eigenvalue weighted by Gasteiger charge is 2.14. The van der Waals surface area contributed by atoms with Crippen molar-refractivity contribution >= 4 is 0 Å². The summed E-state index contributed by atoms with van der Waals surface area (Å²) >= 11 is 0. The van der Waals surface area contributed by atoms with Gasteiger partial charge in [-0.3, -0.25) is 0 Å². The van der Waals surface area contributed by atoms with Crippen LogP contribution in [0, 0.1) is 16.2 Å².